The number of anilines is 1. The van der Waals surface area contributed by atoms with Crippen LogP contribution in [0.15, 0.2) is 40.8 Å². The Balaban J connectivity index is 2.01. The first kappa shape index (κ1) is 15.7. The van der Waals surface area contributed by atoms with Gasteiger partial charge in [0.2, 0.25) is 0 Å². The number of amides is 1. The summed E-state index contributed by atoms with van der Waals surface area (Å²) in [6.45, 7) is 5.77. The van der Waals surface area contributed by atoms with Crippen LogP contribution in [-0.4, -0.2) is 10.8 Å². The molecule has 3 rings (SSSR count). The van der Waals surface area contributed by atoms with Crippen molar-refractivity contribution < 1.29 is 14.1 Å². The van der Waals surface area contributed by atoms with Crippen LogP contribution in [0.25, 0.3) is 11.0 Å². The molecule has 0 aliphatic heterocycles. The van der Waals surface area contributed by atoms with Crippen LogP contribution in [0.2, 0.25) is 0 Å². The van der Waals surface area contributed by atoms with Crippen molar-refractivity contribution in [2.45, 2.75) is 20.8 Å². The Morgan fingerprint density at radius 1 is 1.12 bits per heavy atom. The van der Waals surface area contributed by atoms with E-state index in [1.807, 2.05) is 26.0 Å². The molecule has 122 valence electrons. The molecule has 0 fully saturated rings. The number of carbonyl (C=O) groups excluding carboxylic acids is 1. The molecule has 6 nitrogen and oxygen atoms in total. The predicted octanol–water partition coefficient (Wildman–Crippen LogP) is 4.52. The minimum atomic E-state index is -0.534. The summed E-state index contributed by atoms with van der Waals surface area (Å²) in [5.41, 5.74) is 3.50. The average Bonchev–Trinajstić information content (AvgIpc) is 2.85. The van der Waals surface area contributed by atoms with Crippen molar-refractivity contribution in [3.05, 3.63) is 69.0 Å². The van der Waals surface area contributed by atoms with Crippen LogP contribution in [-0.2, 0) is 0 Å². The van der Waals surface area contributed by atoms with Gasteiger partial charge in [0.25, 0.3) is 11.6 Å². The van der Waals surface area contributed by atoms with E-state index in [1.165, 1.54) is 12.1 Å². The second-order valence-corrected chi connectivity index (χ2v) is 5.72. The Labute approximate surface area is 138 Å². The Bertz CT molecular complexity index is 973. The fraction of sp³-hybridized carbons (Fsp3) is 0.167. The second kappa shape index (κ2) is 5.81. The fourth-order valence-corrected chi connectivity index (χ4v) is 2.61. The lowest BCUT2D eigenvalue weighted by Gasteiger charge is -2.04. The standard InChI is InChI=1S/C18H16N2O4/c1-10-8-13-12(3)17(24-16(13)9-11(10)2)18(21)19-14-6-4-5-7-15(14)20(22)23/h4-9H,1-3H3,(H,19,21). The van der Waals surface area contributed by atoms with Gasteiger partial charge < -0.3 is 9.73 Å². The number of para-hydroxylation sites is 2. The Hall–Kier alpha value is -3.15. The summed E-state index contributed by atoms with van der Waals surface area (Å²) in [5, 5.41) is 14.5. The van der Waals surface area contributed by atoms with Crippen LogP contribution >= 0.6 is 0 Å². The molecule has 1 heterocycles. The van der Waals surface area contributed by atoms with Crippen LogP contribution in [0.3, 0.4) is 0 Å². The Morgan fingerprint density at radius 3 is 2.50 bits per heavy atom. The largest absolute Gasteiger partial charge is 0.451 e. The molecule has 3 aromatic rings. The number of aryl methyl sites for hydroxylation is 3. The molecule has 1 aromatic heterocycles. The highest BCUT2D eigenvalue weighted by Crippen LogP contribution is 2.30. The molecule has 0 aliphatic rings. The van der Waals surface area contributed by atoms with E-state index < -0.39 is 10.8 Å². The van der Waals surface area contributed by atoms with Gasteiger partial charge in [0.05, 0.1) is 4.92 Å². The lowest BCUT2D eigenvalue weighted by atomic mass is 10.0. The molecule has 2 aromatic carbocycles. The van der Waals surface area contributed by atoms with Crippen LogP contribution in [0.4, 0.5) is 11.4 Å². The number of carbonyl (C=O) groups is 1. The number of nitrogens with zero attached hydrogens (tertiary/aromatic N) is 1. The quantitative estimate of drug-likeness (QED) is 0.567. The van der Waals surface area contributed by atoms with Gasteiger partial charge in [-0.05, 0) is 50.1 Å². The van der Waals surface area contributed by atoms with Gasteiger partial charge in [-0.15, -0.1) is 0 Å². The van der Waals surface area contributed by atoms with Gasteiger partial charge in [0.15, 0.2) is 5.76 Å². The van der Waals surface area contributed by atoms with Crippen LogP contribution < -0.4 is 5.32 Å². The van der Waals surface area contributed by atoms with Crippen LogP contribution in [0.1, 0.15) is 27.2 Å². The van der Waals surface area contributed by atoms with Crippen molar-refractivity contribution in [1.29, 1.82) is 0 Å². The van der Waals surface area contributed by atoms with Crippen molar-refractivity contribution in [2.75, 3.05) is 5.32 Å². The lowest BCUT2D eigenvalue weighted by molar-refractivity contribution is -0.383. The minimum Gasteiger partial charge on any atom is -0.451 e. The van der Waals surface area contributed by atoms with Crippen molar-refractivity contribution in [3.63, 3.8) is 0 Å². The summed E-state index contributed by atoms with van der Waals surface area (Å²) in [4.78, 5) is 23.0. The maximum Gasteiger partial charge on any atom is 0.292 e. The van der Waals surface area contributed by atoms with Crippen molar-refractivity contribution in [3.8, 4) is 0 Å². The van der Waals surface area contributed by atoms with Gasteiger partial charge in [-0.1, -0.05) is 12.1 Å². The van der Waals surface area contributed by atoms with E-state index in [9.17, 15) is 14.9 Å². The summed E-state index contributed by atoms with van der Waals surface area (Å²) in [5.74, 6) is -0.346. The zero-order chi connectivity index (χ0) is 17.4. The predicted molar refractivity (Wildman–Crippen MR) is 91.5 cm³/mol. The molecule has 0 atom stereocenters. The van der Waals surface area contributed by atoms with E-state index in [4.69, 9.17) is 4.42 Å². The summed E-state index contributed by atoms with van der Waals surface area (Å²) >= 11 is 0. The van der Waals surface area contributed by atoms with E-state index in [-0.39, 0.29) is 17.1 Å². The second-order valence-electron chi connectivity index (χ2n) is 5.72. The number of hydrogen-bond acceptors (Lipinski definition) is 4. The molecule has 0 unspecified atom stereocenters. The smallest absolute Gasteiger partial charge is 0.292 e. The third-order valence-electron chi connectivity index (χ3n) is 4.11. The topological polar surface area (TPSA) is 85.4 Å². The average molecular weight is 324 g/mol. The monoisotopic (exact) mass is 324 g/mol. The third-order valence-corrected chi connectivity index (χ3v) is 4.11. The first-order valence-electron chi connectivity index (χ1n) is 7.43. The first-order chi connectivity index (χ1) is 11.4. The maximum atomic E-state index is 12.5. The summed E-state index contributed by atoms with van der Waals surface area (Å²) in [6.07, 6.45) is 0. The molecule has 1 N–H and O–H groups in total. The van der Waals surface area contributed by atoms with Crippen molar-refractivity contribution in [2.24, 2.45) is 0 Å². The molecular formula is C18H16N2O4. The number of benzene rings is 2. The molecule has 0 saturated carbocycles. The van der Waals surface area contributed by atoms with Gasteiger partial charge in [-0.2, -0.15) is 0 Å². The number of nitro benzene ring substituents is 1. The number of nitro groups is 1. The number of fused-ring (bicyclic) bond motifs is 1. The van der Waals surface area contributed by atoms with E-state index in [0.717, 1.165) is 16.5 Å². The lowest BCUT2D eigenvalue weighted by Crippen LogP contribution is -2.13. The first-order valence-corrected chi connectivity index (χ1v) is 7.43. The van der Waals surface area contributed by atoms with Crippen LogP contribution in [0, 0.1) is 30.9 Å². The van der Waals surface area contributed by atoms with Gasteiger partial charge in [-0.25, -0.2) is 0 Å². The highest BCUT2D eigenvalue weighted by Gasteiger charge is 2.21. The highest BCUT2D eigenvalue weighted by molar-refractivity contribution is 6.07. The van der Waals surface area contributed by atoms with Crippen molar-refractivity contribution in [1.82, 2.24) is 0 Å². The minimum absolute atomic E-state index is 0.139. The molecule has 1 amide bonds. The molecule has 6 heteroatoms. The maximum absolute atomic E-state index is 12.5. The SMILES string of the molecule is Cc1cc2oc(C(=O)Nc3ccccc3[N+](=O)[O-])c(C)c2cc1C. The van der Waals surface area contributed by atoms with E-state index in [1.54, 1.807) is 19.1 Å². The molecule has 24 heavy (non-hydrogen) atoms. The summed E-state index contributed by atoms with van der Waals surface area (Å²) in [7, 11) is 0. The van der Waals surface area contributed by atoms with Crippen molar-refractivity contribution >= 4 is 28.3 Å². The Morgan fingerprint density at radius 2 is 1.79 bits per heavy atom. The zero-order valence-corrected chi connectivity index (χ0v) is 13.5. The van der Waals surface area contributed by atoms with Gasteiger partial charge in [0, 0.05) is 17.0 Å². The van der Waals surface area contributed by atoms with E-state index in [0.29, 0.717) is 11.1 Å². The zero-order valence-electron chi connectivity index (χ0n) is 13.5. The van der Waals surface area contributed by atoms with Crippen LogP contribution in [0.5, 0.6) is 0 Å². The number of hydrogen-bond donors (Lipinski definition) is 1. The molecule has 0 radical (unpaired) electrons. The number of rotatable bonds is 3. The van der Waals surface area contributed by atoms with Gasteiger partial charge in [-0.3, -0.25) is 14.9 Å². The molecule has 0 bridgehead atoms. The molecule has 0 saturated heterocycles. The normalized spacial score (nSPS) is 10.8. The van der Waals surface area contributed by atoms with Gasteiger partial charge in [0.1, 0.15) is 11.3 Å². The number of nitrogens with one attached hydrogen (secondary N) is 1. The highest BCUT2D eigenvalue weighted by atomic mass is 16.6. The summed E-state index contributed by atoms with van der Waals surface area (Å²) in [6, 6.07) is 9.87. The number of furan rings is 1. The van der Waals surface area contributed by atoms with Gasteiger partial charge >= 0.3 is 0 Å². The van der Waals surface area contributed by atoms with E-state index in [2.05, 4.69) is 5.32 Å². The molecule has 0 aliphatic carbocycles. The Kier molecular flexibility index (Phi) is 3.81. The molecular weight excluding hydrogens is 308 g/mol. The molecule has 0 spiro atoms. The van der Waals surface area contributed by atoms with E-state index >= 15 is 0 Å². The summed E-state index contributed by atoms with van der Waals surface area (Å²) < 4.78 is 5.69. The third kappa shape index (κ3) is 2.62. The fourth-order valence-electron chi connectivity index (χ4n) is 2.61.